The van der Waals surface area contributed by atoms with Crippen molar-refractivity contribution in [2.24, 2.45) is 11.3 Å². The summed E-state index contributed by atoms with van der Waals surface area (Å²) in [6.45, 7) is 5.90. The van der Waals surface area contributed by atoms with Crippen LogP contribution < -0.4 is 4.90 Å². The number of ether oxygens (including phenoxy) is 1. The number of fused-ring (bicyclic) bond motifs is 1. The molecule has 4 heterocycles. The Morgan fingerprint density at radius 3 is 2.33 bits per heavy atom. The Balaban J connectivity index is 0.000000454. The van der Waals surface area contributed by atoms with Crippen molar-refractivity contribution in [3.8, 4) is 0 Å². The van der Waals surface area contributed by atoms with E-state index in [2.05, 4.69) is 9.97 Å². The molecule has 11 nitrogen and oxygen atoms in total. The summed E-state index contributed by atoms with van der Waals surface area (Å²) in [5.41, 5.74) is -0.617. The van der Waals surface area contributed by atoms with E-state index in [1.807, 2.05) is 9.80 Å². The van der Waals surface area contributed by atoms with Gasteiger partial charge in [-0.05, 0) is 25.8 Å². The summed E-state index contributed by atoms with van der Waals surface area (Å²) in [6, 6.07) is 1.77. The minimum absolute atomic E-state index is 0.0790. The van der Waals surface area contributed by atoms with Crippen molar-refractivity contribution in [2.45, 2.75) is 25.9 Å². The number of nitrogens with zero attached hydrogens (tertiary/aromatic N) is 5. The maximum Gasteiger partial charge on any atom is 0.490 e. The number of carbonyl (C=O) groups excluding carboxylic acids is 1. The number of carboxylic acids is 1. The number of halogens is 3. The fraction of sp³-hybridized carbons (Fsp3) is 0.714. The molecule has 1 aromatic rings. The van der Waals surface area contributed by atoms with Gasteiger partial charge in [0.1, 0.15) is 0 Å². The summed E-state index contributed by atoms with van der Waals surface area (Å²) in [5.74, 6) is -2.05. The number of rotatable bonds is 4. The molecule has 3 aliphatic heterocycles. The average Bonchev–Trinajstić information content (AvgIpc) is 3.12. The van der Waals surface area contributed by atoms with Crippen molar-refractivity contribution in [3.63, 3.8) is 0 Å². The van der Waals surface area contributed by atoms with Gasteiger partial charge in [-0.15, -0.1) is 0 Å². The van der Waals surface area contributed by atoms with Gasteiger partial charge in [-0.2, -0.15) is 13.2 Å². The van der Waals surface area contributed by atoms with E-state index in [4.69, 9.17) is 14.6 Å². The van der Waals surface area contributed by atoms with Gasteiger partial charge in [-0.25, -0.2) is 27.5 Å². The highest BCUT2D eigenvalue weighted by Gasteiger charge is 2.55. The number of amides is 1. The second-order valence-electron chi connectivity index (χ2n) is 8.85. The number of aromatic nitrogens is 2. The first-order valence-electron chi connectivity index (χ1n) is 11.6. The normalized spacial score (nSPS) is 25.4. The first-order valence-corrected chi connectivity index (χ1v) is 13.2. The lowest BCUT2D eigenvalue weighted by molar-refractivity contribution is -0.192. The number of sulfonamides is 1. The molecule has 36 heavy (non-hydrogen) atoms. The summed E-state index contributed by atoms with van der Waals surface area (Å²) < 4.78 is 63.9. The van der Waals surface area contributed by atoms with E-state index in [1.165, 1.54) is 0 Å². The molecule has 15 heteroatoms. The predicted molar refractivity (Wildman–Crippen MR) is 122 cm³/mol. The van der Waals surface area contributed by atoms with Crippen LogP contribution >= 0.6 is 0 Å². The van der Waals surface area contributed by atoms with E-state index < -0.39 is 27.6 Å². The molecule has 202 valence electrons. The first kappa shape index (κ1) is 28.1. The molecule has 3 fully saturated rings. The number of alkyl halides is 3. The summed E-state index contributed by atoms with van der Waals surface area (Å²) in [5, 5.41) is 7.12. The van der Waals surface area contributed by atoms with Crippen molar-refractivity contribution in [1.82, 2.24) is 19.2 Å². The van der Waals surface area contributed by atoms with Gasteiger partial charge in [0, 0.05) is 57.6 Å². The molecule has 2 atom stereocenters. The fourth-order valence-electron chi connectivity index (χ4n) is 4.87. The summed E-state index contributed by atoms with van der Waals surface area (Å²) in [4.78, 5) is 35.3. The van der Waals surface area contributed by atoms with Gasteiger partial charge in [0.25, 0.3) is 0 Å². The zero-order valence-corrected chi connectivity index (χ0v) is 20.7. The van der Waals surface area contributed by atoms with Crippen LogP contribution in [-0.4, -0.2) is 109 Å². The molecule has 0 bridgehead atoms. The van der Waals surface area contributed by atoms with Crippen LogP contribution in [0.5, 0.6) is 0 Å². The van der Waals surface area contributed by atoms with Gasteiger partial charge in [0.05, 0.1) is 24.4 Å². The first-order chi connectivity index (χ1) is 16.9. The Morgan fingerprint density at radius 1 is 1.17 bits per heavy atom. The highest BCUT2D eigenvalue weighted by Crippen LogP contribution is 2.45. The number of anilines is 1. The highest BCUT2D eigenvalue weighted by molar-refractivity contribution is 7.89. The minimum Gasteiger partial charge on any atom is -0.475 e. The zero-order chi connectivity index (χ0) is 26.6. The van der Waals surface area contributed by atoms with Crippen LogP contribution in [0.15, 0.2) is 18.5 Å². The Hall–Kier alpha value is -2.52. The molecule has 0 radical (unpaired) electrons. The van der Waals surface area contributed by atoms with Crippen LogP contribution in [0.1, 0.15) is 19.8 Å². The molecular weight excluding hydrogens is 507 g/mol. The number of morpholine rings is 1. The van der Waals surface area contributed by atoms with Crippen LogP contribution in [0, 0.1) is 11.3 Å². The van der Waals surface area contributed by atoms with Crippen LogP contribution in [0.4, 0.5) is 19.1 Å². The monoisotopic (exact) mass is 537 g/mol. The SMILES string of the molecule is CCS(=O)(=O)N1CCC[C@]2(C(=O)N3CCOCC3)CN(c3ncccn3)C[C@@H]2C1.O=C(O)C(F)(F)F. The third kappa shape index (κ3) is 6.24. The number of carbonyl (C=O) groups is 2. The topological polar surface area (TPSA) is 133 Å². The second kappa shape index (κ2) is 11.3. The number of hydrogen-bond donors (Lipinski definition) is 1. The molecule has 1 aromatic heterocycles. The van der Waals surface area contributed by atoms with Crippen molar-refractivity contribution in [2.75, 3.05) is 63.1 Å². The molecule has 3 aliphatic rings. The van der Waals surface area contributed by atoms with E-state index in [-0.39, 0.29) is 17.6 Å². The largest absolute Gasteiger partial charge is 0.490 e. The molecular formula is C21H30F3N5O6S. The quantitative estimate of drug-likeness (QED) is 0.593. The van der Waals surface area contributed by atoms with Crippen LogP contribution in [0.2, 0.25) is 0 Å². The fourth-order valence-corrected chi connectivity index (χ4v) is 6.05. The maximum atomic E-state index is 13.7. The number of hydrogen-bond acceptors (Lipinski definition) is 8. The van der Waals surface area contributed by atoms with Gasteiger partial charge in [-0.3, -0.25) is 4.79 Å². The molecule has 1 N–H and O–H groups in total. The van der Waals surface area contributed by atoms with Crippen molar-refractivity contribution < 1.29 is 41.0 Å². The van der Waals surface area contributed by atoms with Crippen molar-refractivity contribution in [1.29, 1.82) is 0 Å². The van der Waals surface area contributed by atoms with Gasteiger partial charge in [-0.1, -0.05) is 0 Å². The average molecular weight is 538 g/mol. The molecule has 0 aliphatic carbocycles. The Morgan fingerprint density at radius 2 is 1.78 bits per heavy atom. The van der Waals surface area contributed by atoms with E-state index in [0.29, 0.717) is 71.3 Å². The molecule has 1 amide bonds. The standard InChI is InChI=1S/C19H29N5O4S.C2HF3O2/c1-2-29(26,27)24-8-3-5-19(17(25)22-9-11-28-12-10-22)15-23(13-16(19)14-24)18-20-6-4-7-21-18;3-2(4,5)1(6)7/h4,6-7,16H,2-3,5,8-15H2,1H3;(H,6,7)/t16-,19+;/m1./s1. The van der Waals surface area contributed by atoms with E-state index in [1.54, 1.807) is 29.7 Å². The molecule has 4 rings (SSSR count). The van der Waals surface area contributed by atoms with Gasteiger partial charge < -0.3 is 19.6 Å². The Kier molecular flexibility index (Phi) is 8.77. The van der Waals surface area contributed by atoms with E-state index >= 15 is 0 Å². The number of aliphatic carboxylic acids is 1. The molecule has 0 unspecified atom stereocenters. The van der Waals surface area contributed by atoms with Crippen molar-refractivity contribution in [3.05, 3.63) is 18.5 Å². The molecule has 0 saturated carbocycles. The van der Waals surface area contributed by atoms with Crippen molar-refractivity contribution >= 4 is 27.8 Å². The lowest BCUT2D eigenvalue weighted by Gasteiger charge is -2.38. The molecule has 3 saturated heterocycles. The predicted octanol–water partition coefficient (Wildman–Crippen LogP) is 0.837. The third-order valence-corrected chi connectivity index (χ3v) is 8.56. The van der Waals surface area contributed by atoms with Gasteiger partial charge in [0.15, 0.2) is 0 Å². The Labute approximate surface area is 207 Å². The summed E-state index contributed by atoms with van der Waals surface area (Å²) in [7, 11) is -3.30. The molecule has 0 aromatic carbocycles. The third-order valence-electron chi connectivity index (χ3n) is 6.71. The Bertz CT molecular complexity index is 1020. The zero-order valence-electron chi connectivity index (χ0n) is 19.9. The van der Waals surface area contributed by atoms with E-state index in [9.17, 15) is 26.4 Å². The minimum atomic E-state index is -5.08. The van der Waals surface area contributed by atoms with Crippen LogP contribution in [-0.2, 0) is 24.3 Å². The van der Waals surface area contributed by atoms with Crippen LogP contribution in [0.25, 0.3) is 0 Å². The van der Waals surface area contributed by atoms with E-state index in [0.717, 1.165) is 0 Å². The lowest BCUT2D eigenvalue weighted by atomic mass is 9.73. The smallest absolute Gasteiger partial charge is 0.475 e. The highest BCUT2D eigenvalue weighted by atomic mass is 32.2. The van der Waals surface area contributed by atoms with Gasteiger partial charge >= 0.3 is 12.1 Å². The summed E-state index contributed by atoms with van der Waals surface area (Å²) in [6.07, 6.45) is -0.343. The lowest BCUT2D eigenvalue weighted by Crippen LogP contribution is -2.53. The van der Waals surface area contributed by atoms with Gasteiger partial charge in [0.2, 0.25) is 21.9 Å². The maximum absolute atomic E-state index is 13.7. The molecule has 0 spiro atoms. The number of carboxylic acid groups (broad SMARTS) is 1. The second-order valence-corrected chi connectivity index (χ2v) is 11.1. The summed E-state index contributed by atoms with van der Waals surface area (Å²) >= 11 is 0. The van der Waals surface area contributed by atoms with Crippen LogP contribution in [0.3, 0.4) is 0 Å².